The Hall–Kier alpha value is -1.43. The molecule has 2 aromatic rings. The quantitative estimate of drug-likeness (QED) is 0.920. The van der Waals surface area contributed by atoms with Crippen LogP contribution in [0.15, 0.2) is 35.8 Å². The van der Waals surface area contributed by atoms with Crippen LogP contribution in [0.1, 0.15) is 17.2 Å². The molecule has 1 fully saturated rings. The lowest BCUT2D eigenvalue weighted by Gasteiger charge is -2.39. The van der Waals surface area contributed by atoms with E-state index in [1.165, 1.54) is 5.56 Å². The molecule has 1 saturated heterocycles. The summed E-state index contributed by atoms with van der Waals surface area (Å²) < 4.78 is 0. The van der Waals surface area contributed by atoms with Gasteiger partial charge in [0.15, 0.2) is 5.13 Å². The number of aliphatic hydroxyl groups is 1. The van der Waals surface area contributed by atoms with Gasteiger partial charge in [-0.3, -0.25) is 4.90 Å². The highest BCUT2D eigenvalue weighted by Gasteiger charge is 2.36. The second kappa shape index (κ2) is 5.40. The summed E-state index contributed by atoms with van der Waals surface area (Å²) >= 11 is 1.70. The molecule has 1 aromatic heterocycles. The summed E-state index contributed by atoms with van der Waals surface area (Å²) in [5.41, 5.74) is 2.42. The van der Waals surface area contributed by atoms with Gasteiger partial charge in [-0.1, -0.05) is 24.3 Å². The maximum Gasteiger partial charge on any atom is 0.185 e. The van der Waals surface area contributed by atoms with E-state index in [1.807, 2.05) is 17.6 Å². The highest BCUT2D eigenvalue weighted by Crippen LogP contribution is 2.35. The van der Waals surface area contributed by atoms with E-state index in [1.54, 1.807) is 11.3 Å². The van der Waals surface area contributed by atoms with Gasteiger partial charge < -0.3 is 10.0 Å². The summed E-state index contributed by atoms with van der Waals surface area (Å²) in [6, 6.07) is 8.52. The van der Waals surface area contributed by atoms with Gasteiger partial charge in [-0.05, 0) is 17.5 Å². The van der Waals surface area contributed by atoms with Crippen molar-refractivity contribution < 1.29 is 5.11 Å². The number of thiazole rings is 1. The Labute approximate surface area is 128 Å². The molecule has 110 valence electrons. The minimum Gasteiger partial charge on any atom is -0.387 e. The van der Waals surface area contributed by atoms with E-state index in [9.17, 15) is 5.11 Å². The number of piperazine rings is 1. The first-order valence-corrected chi connectivity index (χ1v) is 8.35. The third kappa shape index (κ3) is 2.35. The monoisotopic (exact) mass is 301 g/mol. The molecule has 4 rings (SSSR count). The van der Waals surface area contributed by atoms with Gasteiger partial charge in [0.05, 0.1) is 6.10 Å². The molecule has 1 aliphatic carbocycles. The average molecular weight is 301 g/mol. The number of aliphatic hydroxyl groups excluding tert-OH is 1. The number of benzene rings is 1. The van der Waals surface area contributed by atoms with E-state index in [2.05, 4.69) is 33.0 Å². The van der Waals surface area contributed by atoms with Crippen LogP contribution in [0.2, 0.25) is 0 Å². The van der Waals surface area contributed by atoms with Gasteiger partial charge in [-0.15, -0.1) is 11.3 Å². The summed E-state index contributed by atoms with van der Waals surface area (Å²) in [5.74, 6) is 0. The van der Waals surface area contributed by atoms with Crippen molar-refractivity contribution in [2.24, 2.45) is 0 Å². The van der Waals surface area contributed by atoms with Crippen LogP contribution in [0.4, 0.5) is 5.13 Å². The van der Waals surface area contributed by atoms with Crippen molar-refractivity contribution in [3.05, 3.63) is 47.0 Å². The zero-order chi connectivity index (χ0) is 14.2. The Morgan fingerprint density at radius 1 is 1.14 bits per heavy atom. The number of nitrogens with zero attached hydrogens (tertiary/aromatic N) is 3. The lowest BCUT2D eigenvalue weighted by molar-refractivity contribution is 0.0572. The van der Waals surface area contributed by atoms with Gasteiger partial charge in [0, 0.05) is 43.8 Å². The lowest BCUT2D eigenvalue weighted by Crippen LogP contribution is -2.51. The molecule has 4 nitrogen and oxygen atoms in total. The molecule has 1 aromatic carbocycles. The van der Waals surface area contributed by atoms with Gasteiger partial charge in [0.2, 0.25) is 0 Å². The normalized spacial score (nSPS) is 26.0. The third-order valence-corrected chi connectivity index (χ3v) is 5.47. The Bertz CT molecular complexity index is 608. The molecule has 0 amide bonds. The minimum atomic E-state index is -0.340. The van der Waals surface area contributed by atoms with Crippen LogP contribution >= 0.6 is 11.3 Å². The van der Waals surface area contributed by atoms with Gasteiger partial charge >= 0.3 is 0 Å². The summed E-state index contributed by atoms with van der Waals surface area (Å²) in [5, 5.41) is 13.7. The number of rotatable bonds is 2. The second-order valence-electron chi connectivity index (χ2n) is 5.75. The Balaban J connectivity index is 1.44. The smallest absolute Gasteiger partial charge is 0.185 e. The van der Waals surface area contributed by atoms with Crippen molar-refractivity contribution in [3.63, 3.8) is 0 Å². The number of aromatic nitrogens is 1. The maximum absolute atomic E-state index is 10.6. The number of anilines is 1. The van der Waals surface area contributed by atoms with Crippen molar-refractivity contribution >= 4 is 16.5 Å². The summed E-state index contributed by atoms with van der Waals surface area (Å²) in [4.78, 5) is 9.17. The largest absolute Gasteiger partial charge is 0.387 e. The predicted molar refractivity (Wildman–Crippen MR) is 84.8 cm³/mol. The molecule has 0 spiro atoms. The van der Waals surface area contributed by atoms with Crippen molar-refractivity contribution in [1.29, 1.82) is 0 Å². The Kier molecular flexibility index (Phi) is 3.41. The summed E-state index contributed by atoms with van der Waals surface area (Å²) in [6.45, 7) is 3.98. The van der Waals surface area contributed by atoms with Crippen molar-refractivity contribution in [2.45, 2.75) is 18.6 Å². The molecule has 0 bridgehead atoms. The third-order valence-electron chi connectivity index (χ3n) is 4.64. The van der Waals surface area contributed by atoms with Crippen LogP contribution in [-0.4, -0.2) is 47.2 Å². The SMILES string of the molecule is OC1c2ccccc2CC1N1CCN(c2nccs2)CC1. The lowest BCUT2D eigenvalue weighted by atomic mass is 10.1. The Morgan fingerprint density at radius 2 is 1.95 bits per heavy atom. The second-order valence-corrected chi connectivity index (χ2v) is 6.63. The molecule has 2 aliphatic rings. The average Bonchev–Trinajstić information content (AvgIpc) is 3.17. The van der Waals surface area contributed by atoms with E-state index in [0.717, 1.165) is 43.3 Å². The van der Waals surface area contributed by atoms with Crippen LogP contribution in [0, 0.1) is 0 Å². The highest BCUT2D eigenvalue weighted by atomic mass is 32.1. The topological polar surface area (TPSA) is 39.6 Å². The van der Waals surface area contributed by atoms with Crippen LogP contribution in [0.3, 0.4) is 0 Å². The van der Waals surface area contributed by atoms with Gasteiger partial charge in [0.1, 0.15) is 0 Å². The minimum absolute atomic E-state index is 0.237. The first-order chi connectivity index (χ1) is 10.3. The fourth-order valence-electron chi connectivity index (χ4n) is 3.50. The van der Waals surface area contributed by atoms with Crippen LogP contribution in [-0.2, 0) is 6.42 Å². The van der Waals surface area contributed by atoms with E-state index >= 15 is 0 Å². The van der Waals surface area contributed by atoms with E-state index in [0.29, 0.717) is 0 Å². The standard InChI is InChI=1S/C16H19N3OS/c20-15-13-4-2-1-3-12(13)11-14(15)18-6-8-19(9-7-18)16-17-5-10-21-16/h1-5,10,14-15,20H,6-9,11H2. The Morgan fingerprint density at radius 3 is 2.67 bits per heavy atom. The van der Waals surface area contributed by atoms with Crippen molar-refractivity contribution in [2.75, 3.05) is 31.1 Å². The molecule has 1 aliphatic heterocycles. The highest BCUT2D eigenvalue weighted by molar-refractivity contribution is 7.13. The molecule has 2 heterocycles. The van der Waals surface area contributed by atoms with Crippen LogP contribution in [0.5, 0.6) is 0 Å². The molecule has 0 radical (unpaired) electrons. The van der Waals surface area contributed by atoms with Crippen molar-refractivity contribution in [3.8, 4) is 0 Å². The number of hydrogen-bond donors (Lipinski definition) is 1. The van der Waals surface area contributed by atoms with Crippen LogP contribution in [0.25, 0.3) is 0 Å². The summed E-state index contributed by atoms with van der Waals surface area (Å²) in [6.07, 6.45) is 2.49. The molecule has 2 unspecified atom stereocenters. The van der Waals surface area contributed by atoms with Gasteiger partial charge in [0.25, 0.3) is 0 Å². The van der Waals surface area contributed by atoms with Crippen molar-refractivity contribution in [1.82, 2.24) is 9.88 Å². The fraction of sp³-hybridized carbons (Fsp3) is 0.438. The fourth-order valence-corrected chi connectivity index (χ4v) is 4.20. The summed E-state index contributed by atoms with van der Waals surface area (Å²) in [7, 11) is 0. The van der Waals surface area contributed by atoms with Gasteiger partial charge in [-0.2, -0.15) is 0 Å². The maximum atomic E-state index is 10.6. The first-order valence-electron chi connectivity index (χ1n) is 7.47. The predicted octanol–water partition coefficient (Wildman–Crippen LogP) is 1.92. The molecule has 1 N–H and O–H groups in total. The van der Waals surface area contributed by atoms with E-state index in [-0.39, 0.29) is 12.1 Å². The zero-order valence-corrected chi connectivity index (χ0v) is 12.7. The zero-order valence-electron chi connectivity index (χ0n) is 11.9. The van der Waals surface area contributed by atoms with Crippen LogP contribution < -0.4 is 4.90 Å². The molecule has 5 heteroatoms. The molecular weight excluding hydrogens is 282 g/mol. The molecule has 2 atom stereocenters. The molecule has 21 heavy (non-hydrogen) atoms. The number of fused-ring (bicyclic) bond motifs is 1. The van der Waals surface area contributed by atoms with E-state index in [4.69, 9.17) is 0 Å². The first kappa shape index (κ1) is 13.2. The molecule has 0 saturated carbocycles. The van der Waals surface area contributed by atoms with E-state index < -0.39 is 0 Å². The molecular formula is C16H19N3OS. The number of hydrogen-bond acceptors (Lipinski definition) is 5. The van der Waals surface area contributed by atoms with Gasteiger partial charge in [-0.25, -0.2) is 4.98 Å².